The number of rotatable bonds is 7. The molecule has 0 heterocycles. The van der Waals surface area contributed by atoms with Gasteiger partial charge in [-0.15, -0.1) is 0 Å². The monoisotopic (exact) mass is 344 g/mol. The number of aliphatic carboxylic acids is 1. The van der Waals surface area contributed by atoms with Crippen LogP contribution in [0.2, 0.25) is 0 Å². The summed E-state index contributed by atoms with van der Waals surface area (Å²) in [7, 11) is 0. The molecule has 2 unspecified atom stereocenters. The van der Waals surface area contributed by atoms with Gasteiger partial charge >= 0.3 is 5.97 Å². The molecule has 0 amide bonds. The van der Waals surface area contributed by atoms with E-state index in [1.54, 1.807) is 0 Å². The van der Waals surface area contributed by atoms with Crippen LogP contribution >= 0.6 is 0 Å². The van der Waals surface area contributed by atoms with E-state index in [0.717, 1.165) is 19.3 Å². The molecule has 0 radical (unpaired) electrons. The second-order valence-corrected chi connectivity index (χ2v) is 8.36. The molecule has 2 aliphatic carbocycles. The van der Waals surface area contributed by atoms with Crippen molar-refractivity contribution in [3.63, 3.8) is 0 Å². The number of fused-ring (bicyclic) bond motifs is 1. The first kappa shape index (κ1) is 19.6. The van der Waals surface area contributed by atoms with Crippen molar-refractivity contribution in [1.29, 1.82) is 0 Å². The van der Waals surface area contributed by atoms with E-state index in [9.17, 15) is 19.4 Å². The molecule has 4 nitrogen and oxygen atoms in total. The molecule has 0 aliphatic heterocycles. The quantitative estimate of drug-likeness (QED) is 0.661. The van der Waals surface area contributed by atoms with Crippen LogP contribution in [-0.2, 0) is 4.79 Å². The van der Waals surface area contributed by atoms with E-state index in [1.165, 1.54) is 12.8 Å². The van der Waals surface area contributed by atoms with Gasteiger partial charge in [-0.3, -0.25) is 4.79 Å². The average molecular weight is 344 g/mol. The number of alkyl halides is 1. The highest BCUT2D eigenvalue weighted by Gasteiger charge is 2.44. The number of aliphatic hydroxyl groups is 2. The Kier molecular flexibility index (Phi) is 7.05. The summed E-state index contributed by atoms with van der Waals surface area (Å²) < 4.78 is 13.5. The molecule has 140 valence electrons. The Morgan fingerprint density at radius 1 is 1.25 bits per heavy atom. The van der Waals surface area contributed by atoms with Crippen molar-refractivity contribution in [2.24, 2.45) is 29.6 Å². The molecule has 2 fully saturated rings. The topological polar surface area (TPSA) is 77.8 Å². The smallest absolute Gasteiger partial charge is 0.306 e. The van der Waals surface area contributed by atoms with Gasteiger partial charge in [0.25, 0.3) is 0 Å². The van der Waals surface area contributed by atoms with Gasteiger partial charge in [0, 0.05) is 6.42 Å². The van der Waals surface area contributed by atoms with E-state index in [-0.39, 0.29) is 12.5 Å². The van der Waals surface area contributed by atoms with Gasteiger partial charge in [0.1, 0.15) is 6.17 Å². The molecule has 0 aromatic carbocycles. The van der Waals surface area contributed by atoms with Crippen LogP contribution in [0.25, 0.3) is 0 Å². The van der Waals surface area contributed by atoms with Gasteiger partial charge in [-0.25, -0.2) is 4.39 Å². The largest absolute Gasteiger partial charge is 0.481 e. The standard InChI is InChI=1S/C19H33FO4/c1-11-7-13-4-3-12(2)16(19(13)17(22)8-11)6-5-15(21)9-14(20)10-18(23)24/h11-17,19,21-22H,3-10H2,1-2H3,(H,23,24)/t11-,12-,13?,14-,15+,16-,17-,19?/m0/s1. The Balaban J connectivity index is 1.88. The van der Waals surface area contributed by atoms with E-state index in [1.807, 2.05) is 0 Å². The molecule has 0 aromatic heterocycles. The van der Waals surface area contributed by atoms with Crippen molar-refractivity contribution in [2.45, 2.75) is 83.6 Å². The van der Waals surface area contributed by atoms with Crippen LogP contribution in [0.5, 0.6) is 0 Å². The zero-order valence-electron chi connectivity index (χ0n) is 14.9. The summed E-state index contributed by atoms with van der Waals surface area (Å²) in [6.45, 7) is 4.43. The third-order valence-corrected chi connectivity index (χ3v) is 6.31. The lowest BCUT2D eigenvalue weighted by atomic mass is 9.58. The fourth-order valence-electron chi connectivity index (χ4n) is 5.22. The normalized spacial score (nSPS) is 39.0. The summed E-state index contributed by atoms with van der Waals surface area (Å²) in [6.07, 6.45) is 2.45. The minimum atomic E-state index is -1.49. The Hall–Kier alpha value is -0.680. The van der Waals surface area contributed by atoms with Gasteiger partial charge in [-0.05, 0) is 61.7 Å². The van der Waals surface area contributed by atoms with E-state index >= 15 is 0 Å². The Morgan fingerprint density at radius 3 is 2.62 bits per heavy atom. The van der Waals surface area contributed by atoms with Crippen molar-refractivity contribution in [3.8, 4) is 0 Å². The van der Waals surface area contributed by atoms with Crippen LogP contribution in [0, 0.1) is 29.6 Å². The first-order valence-corrected chi connectivity index (χ1v) is 9.49. The Morgan fingerprint density at radius 2 is 1.96 bits per heavy atom. The zero-order valence-corrected chi connectivity index (χ0v) is 14.9. The van der Waals surface area contributed by atoms with Crippen LogP contribution in [0.4, 0.5) is 4.39 Å². The van der Waals surface area contributed by atoms with Crippen LogP contribution in [0.1, 0.15) is 65.2 Å². The number of halogens is 1. The molecule has 2 aliphatic rings. The molecule has 0 spiro atoms. The number of hydrogen-bond donors (Lipinski definition) is 3. The van der Waals surface area contributed by atoms with Crippen LogP contribution in [-0.4, -0.2) is 39.7 Å². The molecule has 0 bridgehead atoms. The highest BCUT2D eigenvalue weighted by atomic mass is 19.1. The van der Waals surface area contributed by atoms with Gasteiger partial charge in [0.2, 0.25) is 0 Å². The number of carbonyl (C=O) groups is 1. The summed E-state index contributed by atoms with van der Waals surface area (Å²) >= 11 is 0. The maximum absolute atomic E-state index is 13.5. The predicted molar refractivity (Wildman–Crippen MR) is 90.3 cm³/mol. The minimum absolute atomic E-state index is 0.110. The molecule has 2 rings (SSSR count). The van der Waals surface area contributed by atoms with Gasteiger partial charge < -0.3 is 15.3 Å². The molecule has 0 aromatic rings. The van der Waals surface area contributed by atoms with Crippen LogP contribution < -0.4 is 0 Å². The van der Waals surface area contributed by atoms with E-state index in [0.29, 0.717) is 36.0 Å². The van der Waals surface area contributed by atoms with E-state index in [2.05, 4.69) is 13.8 Å². The second kappa shape index (κ2) is 8.61. The van der Waals surface area contributed by atoms with Gasteiger partial charge in [0.05, 0.1) is 18.6 Å². The van der Waals surface area contributed by atoms with Crippen LogP contribution in [0.15, 0.2) is 0 Å². The fraction of sp³-hybridized carbons (Fsp3) is 0.947. The third kappa shape index (κ3) is 5.16. The van der Waals surface area contributed by atoms with E-state index in [4.69, 9.17) is 5.11 Å². The highest BCUT2D eigenvalue weighted by Crippen LogP contribution is 2.49. The number of carboxylic acids is 1. The number of carboxylic acid groups (broad SMARTS) is 1. The summed E-state index contributed by atoms with van der Waals surface area (Å²) in [5.74, 6) is 1.17. The summed E-state index contributed by atoms with van der Waals surface area (Å²) in [5.41, 5.74) is 0. The summed E-state index contributed by atoms with van der Waals surface area (Å²) in [4.78, 5) is 10.5. The molecule has 2 saturated carbocycles. The lowest BCUT2D eigenvalue weighted by Crippen LogP contribution is -2.45. The third-order valence-electron chi connectivity index (χ3n) is 6.31. The molecule has 24 heavy (non-hydrogen) atoms. The van der Waals surface area contributed by atoms with Gasteiger partial charge in [-0.2, -0.15) is 0 Å². The predicted octanol–water partition coefficient (Wildman–Crippen LogP) is 3.40. The number of aliphatic hydroxyl groups excluding tert-OH is 2. The maximum Gasteiger partial charge on any atom is 0.306 e. The van der Waals surface area contributed by atoms with Crippen molar-refractivity contribution in [1.82, 2.24) is 0 Å². The summed E-state index contributed by atoms with van der Waals surface area (Å²) in [6, 6.07) is 0. The number of hydrogen-bond acceptors (Lipinski definition) is 3. The summed E-state index contributed by atoms with van der Waals surface area (Å²) in [5, 5.41) is 29.2. The Labute approximate surface area is 144 Å². The average Bonchev–Trinajstić information content (AvgIpc) is 2.45. The van der Waals surface area contributed by atoms with Crippen molar-refractivity contribution >= 4 is 5.97 Å². The lowest BCUT2D eigenvalue weighted by molar-refractivity contribution is -0.138. The van der Waals surface area contributed by atoms with Crippen molar-refractivity contribution < 1.29 is 24.5 Å². The molecule has 5 heteroatoms. The Bertz CT molecular complexity index is 416. The van der Waals surface area contributed by atoms with Crippen molar-refractivity contribution in [3.05, 3.63) is 0 Å². The van der Waals surface area contributed by atoms with Gasteiger partial charge in [0.15, 0.2) is 0 Å². The first-order valence-electron chi connectivity index (χ1n) is 9.49. The van der Waals surface area contributed by atoms with E-state index < -0.39 is 24.7 Å². The molecular weight excluding hydrogens is 311 g/mol. The van der Waals surface area contributed by atoms with Crippen LogP contribution in [0.3, 0.4) is 0 Å². The van der Waals surface area contributed by atoms with Gasteiger partial charge in [-0.1, -0.05) is 20.3 Å². The minimum Gasteiger partial charge on any atom is -0.481 e. The molecule has 0 saturated heterocycles. The first-order chi connectivity index (χ1) is 11.3. The zero-order chi connectivity index (χ0) is 17.9. The maximum atomic E-state index is 13.5. The lowest BCUT2D eigenvalue weighted by Gasteiger charge is -2.49. The SMILES string of the molecule is C[C@H]1CC2CC[C@H](C)[C@H](CC[C@@H](O)C[C@H](F)CC(=O)O)C2[C@@H](O)C1. The second-order valence-electron chi connectivity index (χ2n) is 8.36. The molecule has 8 atom stereocenters. The fourth-order valence-corrected chi connectivity index (χ4v) is 5.22. The highest BCUT2D eigenvalue weighted by molar-refractivity contribution is 5.67. The molecule has 3 N–H and O–H groups in total. The van der Waals surface area contributed by atoms with Crippen molar-refractivity contribution in [2.75, 3.05) is 0 Å². The molecular formula is C19H33FO4.